The van der Waals surface area contributed by atoms with Crippen molar-refractivity contribution in [3.8, 4) is 0 Å². The second-order valence-electron chi connectivity index (χ2n) is 9.46. The molecular formula is C20H35NO17. The molecule has 222 valence electrons. The summed E-state index contributed by atoms with van der Waals surface area (Å²) in [5.74, 6) is 0. The maximum Gasteiger partial charge on any atom is 0.187 e. The molecule has 18 heteroatoms. The predicted molar refractivity (Wildman–Crippen MR) is 113 cm³/mol. The van der Waals surface area contributed by atoms with E-state index in [1.165, 1.54) is 0 Å². The summed E-state index contributed by atoms with van der Waals surface area (Å²) in [6.45, 7) is -1.71. The first kappa shape index (κ1) is 30.2. The highest BCUT2D eigenvalue weighted by molar-refractivity contribution is 4.93. The topological polar surface area (TPSA) is 279 Å². The lowest BCUT2D eigenvalue weighted by molar-refractivity contribution is -0.356. The van der Waals surface area contributed by atoms with Gasteiger partial charge >= 0.3 is 0 Å². The Balaban J connectivity index is 1.36. The fourth-order valence-electron chi connectivity index (χ4n) is 4.54. The van der Waals surface area contributed by atoms with Crippen molar-refractivity contribution in [1.29, 1.82) is 0 Å². The Morgan fingerprint density at radius 3 is 1.82 bits per heavy atom. The van der Waals surface area contributed by atoms with E-state index in [0.717, 1.165) is 0 Å². The maximum atomic E-state index is 10.6. The average molecular weight is 561 g/mol. The number of rotatable bonds is 8. The molecule has 16 atom stereocenters. The SMILES string of the molecule is OC[C@@H]1O[C@@H](OC2C(O)[C@H](O)CO[C@H]2O[C@@H]2CO[C@@H](O[C@@H]3CO[C@@H](NO)C(O)[C@H]3O)C(O)C2O)C(O)C1O. The van der Waals surface area contributed by atoms with E-state index in [1.807, 2.05) is 0 Å². The van der Waals surface area contributed by atoms with Crippen molar-refractivity contribution in [2.45, 2.75) is 98.3 Å². The van der Waals surface area contributed by atoms with Crippen LogP contribution in [0.1, 0.15) is 0 Å². The summed E-state index contributed by atoms with van der Waals surface area (Å²) in [5, 5.41) is 100. The third-order valence-corrected chi connectivity index (χ3v) is 6.88. The summed E-state index contributed by atoms with van der Waals surface area (Å²) in [4.78, 5) is 0. The lowest BCUT2D eigenvalue weighted by Crippen LogP contribution is -2.63. The molecule has 0 aliphatic carbocycles. The minimum atomic E-state index is -1.73. The van der Waals surface area contributed by atoms with E-state index in [1.54, 1.807) is 5.48 Å². The quantitative estimate of drug-likeness (QED) is 0.123. The van der Waals surface area contributed by atoms with Crippen molar-refractivity contribution in [1.82, 2.24) is 5.48 Å². The van der Waals surface area contributed by atoms with Gasteiger partial charge in [0.05, 0.1) is 26.4 Å². The number of ether oxygens (including phenoxy) is 7. The van der Waals surface area contributed by atoms with Crippen LogP contribution < -0.4 is 5.48 Å². The molecule has 0 spiro atoms. The molecule has 4 fully saturated rings. The van der Waals surface area contributed by atoms with E-state index >= 15 is 0 Å². The van der Waals surface area contributed by atoms with Crippen LogP contribution >= 0.6 is 0 Å². The van der Waals surface area contributed by atoms with Gasteiger partial charge in [0.15, 0.2) is 25.1 Å². The van der Waals surface area contributed by atoms with Crippen LogP contribution in [0.2, 0.25) is 0 Å². The van der Waals surface area contributed by atoms with Crippen molar-refractivity contribution in [3.05, 3.63) is 0 Å². The van der Waals surface area contributed by atoms with Gasteiger partial charge in [-0.2, -0.15) is 5.48 Å². The van der Waals surface area contributed by atoms with Crippen LogP contribution in [0.3, 0.4) is 0 Å². The molecule has 0 saturated carbocycles. The van der Waals surface area contributed by atoms with Crippen molar-refractivity contribution >= 4 is 0 Å². The van der Waals surface area contributed by atoms with Gasteiger partial charge in [-0.05, 0) is 0 Å². The van der Waals surface area contributed by atoms with E-state index < -0.39 is 118 Å². The molecule has 4 aliphatic heterocycles. The zero-order valence-electron chi connectivity index (χ0n) is 19.9. The first-order valence-electron chi connectivity index (χ1n) is 12.0. The molecule has 11 N–H and O–H groups in total. The van der Waals surface area contributed by atoms with E-state index in [-0.39, 0.29) is 6.61 Å². The van der Waals surface area contributed by atoms with Gasteiger partial charge in [0.25, 0.3) is 0 Å². The Hall–Kier alpha value is -0.720. The summed E-state index contributed by atoms with van der Waals surface area (Å²) in [7, 11) is 0. The number of nitrogens with one attached hydrogen (secondary N) is 1. The molecule has 4 rings (SSSR count). The molecule has 7 unspecified atom stereocenters. The third-order valence-electron chi connectivity index (χ3n) is 6.88. The van der Waals surface area contributed by atoms with Crippen LogP contribution in [0.25, 0.3) is 0 Å². The Morgan fingerprint density at radius 2 is 1.18 bits per heavy atom. The van der Waals surface area contributed by atoms with Gasteiger partial charge in [-0.3, -0.25) is 0 Å². The average Bonchev–Trinajstić information content (AvgIpc) is 3.18. The number of hydrogen-bond acceptors (Lipinski definition) is 18. The molecule has 4 aliphatic rings. The van der Waals surface area contributed by atoms with Crippen LogP contribution in [0.15, 0.2) is 0 Å². The number of hydrogen-bond donors (Lipinski definition) is 11. The van der Waals surface area contributed by atoms with Gasteiger partial charge in [0.1, 0.15) is 73.2 Å². The fraction of sp³-hybridized carbons (Fsp3) is 1.00. The number of aliphatic hydroxyl groups is 9. The summed E-state index contributed by atoms with van der Waals surface area (Å²) in [5.41, 5.74) is 1.68. The Kier molecular flexibility index (Phi) is 10.2. The monoisotopic (exact) mass is 561 g/mol. The molecule has 0 bridgehead atoms. The van der Waals surface area contributed by atoms with Crippen molar-refractivity contribution in [2.75, 3.05) is 26.4 Å². The fourth-order valence-corrected chi connectivity index (χ4v) is 4.54. The van der Waals surface area contributed by atoms with E-state index in [0.29, 0.717) is 0 Å². The summed E-state index contributed by atoms with van der Waals surface area (Å²) in [6.07, 6.45) is -23.5. The molecule has 38 heavy (non-hydrogen) atoms. The Bertz CT molecular complexity index is 752. The van der Waals surface area contributed by atoms with Crippen LogP contribution in [-0.2, 0) is 33.2 Å². The first-order chi connectivity index (χ1) is 18.1. The normalized spacial score (nSPS) is 52.3. The van der Waals surface area contributed by atoms with Crippen LogP contribution in [0.5, 0.6) is 0 Å². The molecule has 0 aromatic rings. The minimum Gasteiger partial charge on any atom is -0.394 e. The zero-order valence-corrected chi connectivity index (χ0v) is 19.9. The van der Waals surface area contributed by atoms with E-state index in [9.17, 15) is 46.0 Å². The second kappa shape index (κ2) is 12.9. The van der Waals surface area contributed by atoms with Gasteiger partial charge in [-0.1, -0.05) is 0 Å². The van der Waals surface area contributed by atoms with Gasteiger partial charge in [-0.15, -0.1) is 0 Å². The smallest absolute Gasteiger partial charge is 0.187 e. The lowest BCUT2D eigenvalue weighted by Gasteiger charge is -2.44. The Labute approximate surface area is 215 Å². The summed E-state index contributed by atoms with van der Waals surface area (Å²) < 4.78 is 37.8. The van der Waals surface area contributed by atoms with Gasteiger partial charge in [-0.25, -0.2) is 0 Å². The summed E-state index contributed by atoms with van der Waals surface area (Å²) >= 11 is 0. The van der Waals surface area contributed by atoms with Crippen LogP contribution in [-0.4, -0.2) is 176 Å². The largest absolute Gasteiger partial charge is 0.394 e. The van der Waals surface area contributed by atoms with Crippen LogP contribution in [0.4, 0.5) is 0 Å². The predicted octanol–water partition coefficient (Wildman–Crippen LogP) is -7.21. The first-order valence-corrected chi connectivity index (χ1v) is 12.0. The highest BCUT2D eigenvalue weighted by Gasteiger charge is 2.51. The standard InChI is InChI=1S/C20H35NO17/c22-1-6-10(25)15(30)19(35-6)38-16-9(24)5(23)2-33-20(16)37-8-4-34-18(14(29)12(8)27)36-7-3-32-17(21-31)13(28)11(7)26/h5-31H,1-4H2/t5-,6+,7-,8-,9?,10?,11+,12?,13?,14?,15?,16?,17-,18+,19+,20+/m1/s1. The van der Waals surface area contributed by atoms with Crippen molar-refractivity contribution in [3.63, 3.8) is 0 Å². The molecule has 0 aromatic carbocycles. The van der Waals surface area contributed by atoms with Crippen molar-refractivity contribution < 1.29 is 84.3 Å². The lowest BCUT2D eigenvalue weighted by atomic mass is 10.0. The molecule has 18 nitrogen and oxygen atoms in total. The van der Waals surface area contributed by atoms with Gasteiger partial charge < -0.3 is 84.3 Å². The van der Waals surface area contributed by atoms with Crippen LogP contribution in [0, 0.1) is 0 Å². The van der Waals surface area contributed by atoms with E-state index in [2.05, 4.69) is 0 Å². The number of hydroxylamine groups is 1. The molecule has 4 heterocycles. The summed E-state index contributed by atoms with van der Waals surface area (Å²) in [6, 6.07) is 0. The molecule has 0 amide bonds. The maximum absolute atomic E-state index is 10.6. The molecule has 0 aromatic heterocycles. The number of aliphatic hydroxyl groups excluding tert-OH is 9. The Morgan fingerprint density at radius 1 is 0.605 bits per heavy atom. The third kappa shape index (κ3) is 6.12. The molecular weight excluding hydrogens is 526 g/mol. The highest BCUT2D eigenvalue weighted by Crippen LogP contribution is 2.30. The van der Waals surface area contributed by atoms with Gasteiger partial charge in [0.2, 0.25) is 0 Å². The minimum absolute atomic E-state index is 0.296. The highest BCUT2D eigenvalue weighted by atomic mass is 16.8. The van der Waals surface area contributed by atoms with Crippen molar-refractivity contribution in [2.24, 2.45) is 0 Å². The van der Waals surface area contributed by atoms with E-state index in [4.69, 9.17) is 38.4 Å². The van der Waals surface area contributed by atoms with Gasteiger partial charge in [0, 0.05) is 0 Å². The second-order valence-corrected chi connectivity index (χ2v) is 9.46. The zero-order chi connectivity index (χ0) is 27.7. The molecule has 4 saturated heterocycles. The molecule has 0 radical (unpaired) electrons.